The van der Waals surface area contributed by atoms with Crippen molar-refractivity contribution in [2.45, 2.75) is 0 Å². The van der Waals surface area contributed by atoms with Gasteiger partial charge in [0.15, 0.2) is 0 Å². The highest BCUT2D eigenvalue weighted by molar-refractivity contribution is 7.13. The van der Waals surface area contributed by atoms with Gasteiger partial charge in [-0.15, -0.1) is 11.3 Å². The van der Waals surface area contributed by atoms with Crippen LogP contribution in [-0.2, 0) is 0 Å². The van der Waals surface area contributed by atoms with E-state index >= 15 is 0 Å². The molecule has 4 heterocycles. The summed E-state index contributed by atoms with van der Waals surface area (Å²) in [6.07, 6.45) is 6.81. The van der Waals surface area contributed by atoms with Gasteiger partial charge in [0.1, 0.15) is 10.8 Å². The van der Waals surface area contributed by atoms with Crippen LogP contribution in [0.2, 0.25) is 0 Å². The van der Waals surface area contributed by atoms with Gasteiger partial charge < -0.3 is 10.7 Å². The summed E-state index contributed by atoms with van der Waals surface area (Å²) in [6.45, 7) is 0. The number of nitrogens with two attached hydrogens (primary N) is 1. The summed E-state index contributed by atoms with van der Waals surface area (Å²) < 4.78 is 0. The SMILES string of the molecule is Nc1c(-c2cccc3[nH]ncc23)cc(-c2nccs2)c2nc(-c3cccnc3)[nH]c(=O)c12. The number of nitrogen functional groups attached to an aromatic ring is 1. The van der Waals surface area contributed by atoms with Crippen LogP contribution >= 0.6 is 11.3 Å². The highest BCUT2D eigenvalue weighted by Gasteiger charge is 2.20. The Balaban J connectivity index is 1.73. The first-order valence-corrected chi connectivity index (χ1v) is 10.7. The average Bonchev–Trinajstić information content (AvgIpc) is 3.52. The molecule has 0 atom stereocenters. The summed E-state index contributed by atoms with van der Waals surface area (Å²) in [4.78, 5) is 29.5. The molecule has 0 bridgehead atoms. The van der Waals surface area contributed by atoms with E-state index in [2.05, 4.69) is 25.1 Å². The number of hydrogen-bond donors (Lipinski definition) is 3. The molecule has 0 saturated carbocycles. The Morgan fingerprint density at radius 2 is 1.94 bits per heavy atom. The fourth-order valence-electron chi connectivity index (χ4n) is 3.93. The number of pyridine rings is 1. The van der Waals surface area contributed by atoms with Crippen molar-refractivity contribution >= 4 is 38.8 Å². The highest BCUT2D eigenvalue weighted by Crippen LogP contribution is 2.40. The molecule has 0 unspecified atom stereocenters. The average molecular weight is 437 g/mol. The van der Waals surface area contributed by atoms with Crippen molar-refractivity contribution in [2.24, 2.45) is 0 Å². The molecule has 6 rings (SSSR count). The molecule has 0 fully saturated rings. The molecule has 0 spiro atoms. The lowest BCUT2D eigenvalue weighted by molar-refractivity contribution is 1.12. The number of nitrogens with zero attached hydrogens (tertiary/aromatic N) is 4. The number of thiazole rings is 1. The van der Waals surface area contributed by atoms with Gasteiger partial charge in [-0.1, -0.05) is 12.1 Å². The molecule has 0 amide bonds. The lowest BCUT2D eigenvalue weighted by Crippen LogP contribution is -2.13. The predicted molar refractivity (Wildman–Crippen MR) is 126 cm³/mol. The van der Waals surface area contributed by atoms with Gasteiger partial charge in [-0.25, -0.2) is 9.97 Å². The fraction of sp³-hybridized carbons (Fsp3) is 0. The molecule has 8 nitrogen and oxygen atoms in total. The van der Waals surface area contributed by atoms with Crippen molar-refractivity contribution in [1.29, 1.82) is 0 Å². The minimum atomic E-state index is -0.314. The molecule has 0 aliphatic rings. The van der Waals surface area contributed by atoms with Crippen LogP contribution in [0.15, 0.2) is 71.4 Å². The van der Waals surface area contributed by atoms with Gasteiger partial charge in [0.05, 0.1) is 28.3 Å². The normalized spacial score (nSPS) is 11.4. The first-order valence-electron chi connectivity index (χ1n) is 9.80. The molecule has 0 saturated heterocycles. The molecule has 2 aromatic carbocycles. The Bertz CT molecular complexity index is 1650. The van der Waals surface area contributed by atoms with Gasteiger partial charge in [0.2, 0.25) is 0 Å². The zero-order chi connectivity index (χ0) is 21.7. The maximum absolute atomic E-state index is 13.3. The molecular weight excluding hydrogens is 422 g/mol. The largest absolute Gasteiger partial charge is 0.398 e. The van der Waals surface area contributed by atoms with Gasteiger partial charge in [0.25, 0.3) is 5.56 Å². The zero-order valence-corrected chi connectivity index (χ0v) is 17.4. The van der Waals surface area contributed by atoms with E-state index in [4.69, 9.17) is 10.7 Å². The van der Waals surface area contributed by atoms with E-state index in [1.807, 2.05) is 35.7 Å². The third kappa shape index (κ3) is 2.79. The fourth-order valence-corrected chi connectivity index (χ4v) is 4.58. The van der Waals surface area contributed by atoms with Crippen molar-refractivity contribution in [3.63, 3.8) is 0 Å². The van der Waals surface area contributed by atoms with Gasteiger partial charge in [0, 0.05) is 46.0 Å². The summed E-state index contributed by atoms with van der Waals surface area (Å²) in [5.74, 6) is 0.428. The molecule has 154 valence electrons. The summed E-state index contributed by atoms with van der Waals surface area (Å²) >= 11 is 1.48. The van der Waals surface area contributed by atoms with E-state index in [-0.39, 0.29) is 5.56 Å². The second kappa shape index (κ2) is 7.10. The smallest absolute Gasteiger partial charge is 0.261 e. The van der Waals surface area contributed by atoms with Crippen LogP contribution in [0.3, 0.4) is 0 Å². The monoisotopic (exact) mass is 437 g/mol. The van der Waals surface area contributed by atoms with Crippen molar-refractivity contribution in [3.05, 3.63) is 76.9 Å². The van der Waals surface area contributed by atoms with E-state index in [0.717, 1.165) is 32.6 Å². The lowest BCUT2D eigenvalue weighted by atomic mass is 9.95. The number of fused-ring (bicyclic) bond motifs is 2. The van der Waals surface area contributed by atoms with Crippen molar-refractivity contribution in [1.82, 2.24) is 30.1 Å². The third-order valence-corrected chi connectivity index (χ3v) is 6.20. The molecule has 4 aromatic heterocycles. The topological polar surface area (TPSA) is 126 Å². The van der Waals surface area contributed by atoms with Crippen molar-refractivity contribution < 1.29 is 0 Å². The second-order valence-corrected chi connectivity index (χ2v) is 8.13. The summed E-state index contributed by atoms with van der Waals surface area (Å²) in [7, 11) is 0. The number of aromatic nitrogens is 6. The standard InChI is InChI=1S/C23H15N7OS/c24-19-14(13-4-1-5-17-16(13)11-27-30-17)9-15(23-26-7-8-32-23)20-18(19)22(31)29-21(28-20)12-3-2-6-25-10-12/h1-11H,24H2,(H,27,30)(H,28,29,31). The molecule has 9 heteroatoms. The van der Waals surface area contributed by atoms with Gasteiger partial charge in [-0.2, -0.15) is 5.10 Å². The first-order chi connectivity index (χ1) is 15.7. The first kappa shape index (κ1) is 18.4. The van der Waals surface area contributed by atoms with Crippen LogP contribution in [0.4, 0.5) is 5.69 Å². The number of aromatic amines is 2. The summed E-state index contributed by atoms with van der Waals surface area (Å²) in [5, 5.41) is 11.0. The minimum absolute atomic E-state index is 0.314. The van der Waals surface area contributed by atoms with Crippen LogP contribution < -0.4 is 11.3 Å². The molecule has 0 radical (unpaired) electrons. The van der Waals surface area contributed by atoms with E-state index in [1.165, 1.54) is 11.3 Å². The summed E-state index contributed by atoms with van der Waals surface area (Å²) in [5.41, 5.74) is 11.1. The molecular formula is C23H15N7OS. The van der Waals surface area contributed by atoms with Crippen LogP contribution in [0, 0.1) is 0 Å². The minimum Gasteiger partial charge on any atom is -0.398 e. The van der Waals surface area contributed by atoms with Gasteiger partial charge >= 0.3 is 0 Å². The number of H-pyrrole nitrogens is 2. The van der Waals surface area contributed by atoms with E-state index < -0.39 is 0 Å². The van der Waals surface area contributed by atoms with Crippen LogP contribution in [0.1, 0.15) is 0 Å². The molecule has 6 aromatic rings. The van der Waals surface area contributed by atoms with Crippen LogP contribution in [-0.4, -0.2) is 30.1 Å². The Kier molecular flexibility index (Phi) is 4.08. The third-order valence-electron chi connectivity index (χ3n) is 5.40. The van der Waals surface area contributed by atoms with Gasteiger partial charge in [-0.3, -0.25) is 14.9 Å². The quantitative estimate of drug-likeness (QED) is 0.356. The van der Waals surface area contributed by atoms with E-state index in [1.54, 1.807) is 30.9 Å². The molecule has 0 aliphatic heterocycles. The summed E-state index contributed by atoms with van der Waals surface area (Å²) in [6, 6.07) is 11.4. The van der Waals surface area contributed by atoms with E-state index in [9.17, 15) is 4.79 Å². The second-order valence-electron chi connectivity index (χ2n) is 7.24. The number of rotatable bonds is 3. The number of nitrogens with one attached hydrogen (secondary N) is 2. The molecule has 32 heavy (non-hydrogen) atoms. The Morgan fingerprint density at radius 3 is 2.75 bits per heavy atom. The Labute approximate surface area is 184 Å². The Hall–Kier alpha value is -4.37. The van der Waals surface area contributed by atoms with Gasteiger partial charge in [-0.05, 0) is 29.8 Å². The van der Waals surface area contributed by atoms with Crippen LogP contribution in [0.25, 0.3) is 54.9 Å². The van der Waals surface area contributed by atoms with Crippen molar-refractivity contribution in [3.8, 4) is 33.1 Å². The molecule has 4 N–H and O–H groups in total. The maximum atomic E-state index is 13.3. The predicted octanol–water partition coefficient (Wildman–Crippen LogP) is 4.23. The Morgan fingerprint density at radius 1 is 1.00 bits per heavy atom. The zero-order valence-electron chi connectivity index (χ0n) is 16.5. The number of hydrogen-bond acceptors (Lipinski definition) is 7. The van der Waals surface area contributed by atoms with Crippen LogP contribution in [0.5, 0.6) is 0 Å². The van der Waals surface area contributed by atoms with E-state index in [0.29, 0.717) is 28.0 Å². The highest BCUT2D eigenvalue weighted by atomic mass is 32.1. The maximum Gasteiger partial charge on any atom is 0.261 e. The lowest BCUT2D eigenvalue weighted by Gasteiger charge is -2.14. The number of benzene rings is 2. The van der Waals surface area contributed by atoms with Crippen molar-refractivity contribution in [2.75, 3.05) is 5.73 Å². The molecule has 0 aliphatic carbocycles. The number of anilines is 1.